The van der Waals surface area contributed by atoms with E-state index in [0.29, 0.717) is 32.1 Å². The van der Waals surface area contributed by atoms with E-state index in [0.717, 1.165) is 5.57 Å². The Morgan fingerprint density at radius 2 is 1.04 bits per heavy atom. The zero-order valence-electron chi connectivity index (χ0n) is 54.2. The number of allylic oxidation sites excluding steroid dienone is 2. The van der Waals surface area contributed by atoms with Gasteiger partial charge >= 0.3 is 5.97 Å². The van der Waals surface area contributed by atoms with Gasteiger partial charge in [-0.2, -0.15) is 0 Å². The van der Waals surface area contributed by atoms with Crippen molar-refractivity contribution >= 4 is 5.97 Å². The van der Waals surface area contributed by atoms with Crippen molar-refractivity contribution in [3.8, 4) is 0 Å². The van der Waals surface area contributed by atoms with Crippen LogP contribution in [0.1, 0.15) is 107 Å². The summed E-state index contributed by atoms with van der Waals surface area (Å²) in [5.74, 6) is -2.01. The normalized spacial score (nSPS) is 56.1. The van der Waals surface area contributed by atoms with Crippen LogP contribution in [0.3, 0.4) is 0 Å². The number of hydrogen-bond acceptors (Lipinski definition) is 31. The zero-order chi connectivity index (χ0) is 68.6. The Morgan fingerprint density at radius 3 is 1.70 bits per heavy atom. The zero-order valence-corrected chi connectivity index (χ0v) is 54.2. The average molecular weight is 1360 g/mol. The van der Waals surface area contributed by atoms with E-state index in [9.17, 15) is 91.9 Å². The van der Waals surface area contributed by atoms with E-state index < -0.39 is 256 Å². The smallest absolute Gasteiger partial charge is 0.317 e. The van der Waals surface area contributed by atoms with Gasteiger partial charge in [0.1, 0.15) is 115 Å². The van der Waals surface area contributed by atoms with Crippen LogP contribution in [0.5, 0.6) is 0 Å². The molecule has 0 radical (unpaired) electrons. The first-order valence-corrected chi connectivity index (χ1v) is 33.1. The van der Waals surface area contributed by atoms with Crippen molar-refractivity contribution in [2.45, 2.75) is 291 Å². The van der Waals surface area contributed by atoms with Crippen molar-refractivity contribution in [3.63, 3.8) is 0 Å². The number of carbonyl (C=O) groups is 1. The Hall–Kier alpha value is -1.95. The standard InChI is InChI=1S/C63H102O31/c1-23-35(71)39(75)42(78)53(86-23)90-47-30(69)21-84-52(44(47)80)89-46-24(2)87-55(45(81)48(46)91-51-41(77)36(72)28(67)19-83-51)92-49-37(73)29(68)20-85-56(49)94-57(82)63-14-13-58(3,4)15-26(63)25-9-10-33-59(5)16-27(66)50(93-54-43(79)40(76)38(74)31(18-64)88-54)60(6,22-65)32(59)11-12-61(33,7)62(25,8)17-34(63)70/h9,23-24,26-56,64-81H,10-22H2,1-8H3/t23-,24-,26-,27-,28+,29-,30+,31+,32+,33+,34+,35-,36-,37-,38+,39+,40-,41+,42+,43+,44+,45+,46-,47-,48-,49+,50-,51-,52-,53-,54-,55-,56-,59-,60-,61+,62+,63+/m0/s1. The first-order chi connectivity index (χ1) is 44.0. The van der Waals surface area contributed by atoms with E-state index in [1.165, 1.54) is 13.8 Å². The number of esters is 1. The third-order valence-electron chi connectivity index (χ3n) is 24.5. The highest BCUT2D eigenvalue weighted by Crippen LogP contribution is 2.76. The minimum Gasteiger partial charge on any atom is -0.432 e. The number of rotatable bonds is 14. The lowest BCUT2D eigenvalue weighted by Crippen LogP contribution is -2.70. The Balaban J connectivity index is 0.842. The molecule has 11 aliphatic rings. The lowest BCUT2D eigenvalue weighted by Gasteiger charge is -2.72. The highest BCUT2D eigenvalue weighted by Gasteiger charge is 2.73. The summed E-state index contributed by atoms with van der Waals surface area (Å²) < 4.78 is 71.9. The van der Waals surface area contributed by atoms with Crippen molar-refractivity contribution < 1.29 is 154 Å². The Bertz CT molecular complexity index is 2660. The average Bonchev–Trinajstić information content (AvgIpc) is 0.670. The molecule has 0 bridgehead atoms. The van der Waals surface area contributed by atoms with E-state index in [-0.39, 0.29) is 36.5 Å². The van der Waals surface area contributed by atoms with Crippen LogP contribution in [0.2, 0.25) is 0 Å². The molecule has 0 aromatic heterocycles. The van der Waals surface area contributed by atoms with Gasteiger partial charge in [0.15, 0.2) is 37.6 Å². The summed E-state index contributed by atoms with van der Waals surface area (Å²) in [5, 5.41) is 200. The molecule has 0 spiro atoms. The van der Waals surface area contributed by atoms with Gasteiger partial charge in [0.05, 0.1) is 63.6 Å². The SMILES string of the molecule is C[C@@H]1O[C@@H](O[C@@H]2[C@@H](O)[C@H](O[C@@H]3[C@@H](O[C@@H]4OC[C@@H](O)[C@H](O)[C@H]4O)[C@@H](O)[C@H](O[C@H]4[C@H](OC(=O)[C@]56CCC(C)(C)C[C@H]5C5=CC[C@@H]7[C@@]8(C)C[C@H](O)[C@H](O[C@@H]9O[C@H](CO)[C@@H](O)[C@H](O)[C@H]9O)[C@@](C)(CO)[C@@H]8CC[C@@]7(C)[C@]5(C)C[C@H]6O)OC[C@H](O)[C@@H]4O)O[C@H]3C)OC[C@H]2O)[C@H](O)[C@H](O)[C@H]1O. The first-order valence-electron chi connectivity index (χ1n) is 33.1. The van der Waals surface area contributed by atoms with Crippen LogP contribution in [0.15, 0.2) is 11.6 Å². The van der Waals surface area contributed by atoms with Crippen molar-refractivity contribution in [1.82, 2.24) is 0 Å². The summed E-state index contributed by atoms with van der Waals surface area (Å²) in [4.78, 5) is 15.7. The van der Waals surface area contributed by atoms with Crippen LogP contribution in [0.4, 0.5) is 0 Å². The van der Waals surface area contributed by atoms with Crippen LogP contribution in [0, 0.1) is 50.2 Å². The number of aliphatic hydroxyl groups excluding tert-OH is 18. The first kappa shape index (κ1) is 73.3. The lowest BCUT2D eigenvalue weighted by atomic mass is 9.33. The van der Waals surface area contributed by atoms with Gasteiger partial charge in [0.2, 0.25) is 6.29 Å². The molecule has 38 atom stereocenters. The minimum absolute atomic E-state index is 0.0811. The van der Waals surface area contributed by atoms with E-state index >= 15 is 4.79 Å². The molecule has 31 heteroatoms. The Morgan fingerprint density at radius 1 is 0.500 bits per heavy atom. The predicted molar refractivity (Wildman–Crippen MR) is 311 cm³/mol. The molecule has 540 valence electrons. The molecule has 0 unspecified atom stereocenters. The van der Waals surface area contributed by atoms with Gasteiger partial charge in [-0.05, 0) is 105 Å². The van der Waals surface area contributed by atoms with Crippen LogP contribution in [-0.4, -0.2) is 315 Å². The molecule has 5 aliphatic carbocycles. The van der Waals surface area contributed by atoms with E-state index in [4.69, 9.17) is 56.8 Å². The second-order valence-electron chi connectivity index (χ2n) is 30.6. The molecule has 11 rings (SSSR count). The quantitative estimate of drug-likeness (QED) is 0.0438. The van der Waals surface area contributed by atoms with Gasteiger partial charge in [-0.15, -0.1) is 0 Å². The van der Waals surface area contributed by atoms with Gasteiger partial charge < -0.3 is 149 Å². The molecule has 4 saturated carbocycles. The van der Waals surface area contributed by atoms with Gasteiger partial charge in [0.25, 0.3) is 0 Å². The van der Waals surface area contributed by atoms with Gasteiger partial charge in [0, 0.05) is 5.41 Å². The summed E-state index contributed by atoms with van der Waals surface area (Å²) in [6.45, 7) is 12.4. The maximum Gasteiger partial charge on any atom is 0.317 e. The van der Waals surface area contributed by atoms with Gasteiger partial charge in [-0.1, -0.05) is 53.2 Å². The summed E-state index contributed by atoms with van der Waals surface area (Å²) in [6, 6.07) is 0. The second kappa shape index (κ2) is 27.1. The second-order valence-corrected chi connectivity index (χ2v) is 30.6. The highest BCUT2D eigenvalue weighted by molar-refractivity contribution is 5.80. The molecule has 18 N–H and O–H groups in total. The summed E-state index contributed by atoms with van der Waals surface area (Å²) in [5.41, 5.74) is -4.28. The van der Waals surface area contributed by atoms with Gasteiger partial charge in [-0.3, -0.25) is 4.79 Å². The fourth-order valence-electron chi connectivity index (χ4n) is 18.8. The number of aliphatic hydroxyl groups is 18. The lowest BCUT2D eigenvalue weighted by molar-refractivity contribution is -0.393. The molecular weight excluding hydrogens is 1250 g/mol. The van der Waals surface area contributed by atoms with Crippen LogP contribution >= 0.6 is 0 Å². The maximum atomic E-state index is 15.7. The summed E-state index contributed by atoms with van der Waals surface area (Å²) >= 11 is 0. The number of hydrogen-bond donors (Lipinski definition) is 18. The number of ether oxygens (including phenoxy) is 12. The fourth-order valence-corrected chi connectivity index (χ4v) is 18.8. The van der Waals surface area contributed by atoms with Crippen LogP contribution < -0.4 is 0 Å². The van der Waals surface area contributed by atoms with Crippen LogP contribution in [0.25, 0.3) is 0 Å². The van der Waals surface area contributed by atoms with E-state index in [1.807, 2.05) is 6.92 Å². The summed E-state index contributed by atoms with van der Waals surface area (Å²) in [6.07, 6.45) is -44.6. The number of fused-ring (bicyclic) bond motifs is 7. The predicted octanol–water partition coefficient (Wildman–Crippen LogP) is -5.50. The third kappa shape index (κ3) is 12.2. The Kier molecular flexibility index (Phi) is 21.1. The largest absolute Gasteiger partial charge is 0.432 e. The van der Waals surface area contributed by atoms with Crippen molar-refractivity contribution in [2.24, 2.45) is 50.2 Å². The monoisotopic (exact) mass is 1350 g/mol. The topological polar surface area (TPSA) is 492 Å². The molecule has 6 saturated heterocycles. The highest BCUT2D eigenvalue weighted by atomic mass is 16.8. The van der Waals surface area contributed by atoms with E-state index in [1.54, 1.807) is 0 Å². The molecule has 6 aliphatic heterocycles. The molecular formula is C63H102O31. The maximum absolute atomic E-state index is 15.7. The van der Waals surface area contributed by atoms with Crippen LogP contribution in [-0.2, 0) is 61.6 Å². The van der Waals surface area contributed by atoms with Crippen molar-refractivity contribution in [2.75, 3.05) is 33.0 Å². The fraction of sp³-hybridized carbons (Fsp3) is 0.952. The van der Waals surface area contributed by atoms with Crippen molar-refractivity contribution in [3.05, 3.63) is 11.6 Å². The molecule has 31 nitrogen and oxygen atoms in total. The molecule has 0 amide bonds. The summed E-state index contributed by atoms with van der Waals surface area (Å²) in [7, 11) is 0. The van der Waals surface area contributed by atoms with E-state index in [2.05, 4.69) is 40.7 Å². The molecule has 0 aromatic rings. The minimum atomic E-state index is -2.09. The number of carbonyl (C=O) groups excluding carboxylic acids is 1. The third-order valence-corrected chi connectivity index (χ3v) is 24.5. The molecule has 6 heterocycles. The molecule has 0 aromatic carbocycles. The molecule has 10 fully saturated rings. The van der Waals surface area contributed by atoms with Gasteiger partial charge in [-0.25, -0.2) is 0 Å². The van der Waals surface area contributed by atoms with Crippen molar-refractivity contribution in [1.29, 1.82) is 0 Å². The molecule has 94 heavy (non-hydrogen) atoms. The Labute approximate surface area is 543 Å².